The van der Waals surface area contributed by atoms with E-state index in [1.165, 1.54) is 12.8 Å². The fourth-order valence-corrected chi connectivity index (χ4v) is 4.13. The lowest BCUT2D eigenvalue weighted by molar-refractivity contribution is 0.585. The summed E-state index contributed by atoms with van der Waals surface area (Å²) in [6.45, 7) is 1.40. The molecular weight excluding hydrogens is 260 g/mol. The first-order chi connectivity index (χ1) is 9.17. The molecule has 0 saturated heterocycles. The molecule has 1 aliphatic carbocycles. The van der Waals surface area contributed by atoms with Gasteiger partial charge in [0, 0.05) is 12.6 Å². The lowest BCUT2D eigenvalue weighted by atomic mass is 10.2. The summed E-state index contributed by atoms with van der Waals surface area (Å²) in [6.07, 6.45) is 4.01. The molecule has 3 rings (SSSR count). The minimum atomic E-state index is -3.16. The number of anilines is 1. The van der Waals surface area contributed by atoms with Gasteiger partial charge in [0.1, 0.15) is 0 Å². The molecule has 1 heterocycles. The van der Waals surface area contributed by atoms with E-state index in [0.29, 0.717) is 19.0 Å². The zero-order valence-electron chi connectivity index (χ0n) is 11.0. The van der Waals surface area contributed by atoms with Crippen molar-refractivity contribution in [3.63, 3.8) is 0 Å². The molecule has 0 radical (unpaired) electrons. The van der Waals surface area contributed by atoms with Crippen molar-refractivity contribution in [2.75, 3.05) is 23.1 Å². The van der Waals surface area contributed by atoms with Crippen LogP contribution in [0.4, 0.5) is 5.69 Å². The number of hydrogen-bond donors (Lipinski definition) is 1. The van der Waals surface area contributed by atoms with Crippen molar-refractivity contribution in [2.24, 2.45) is 0 Å². The van der Waals surface area contributed by atoms with Gasteiger partial charge >= 0.3 is 0 Å². The largest absolute Gasteiger partial charge is 0.314 e. The molecule has 4 nitrogen and oxygen atoms in total. The van der Waals surface area contributed by atoms with Crippen molar-refractivity contribution in [2.45, 2.75) is 31.7 Å². The van der Waals surface area contributed by atoms with Crippen LogP contribution in [-0.4, -0.2) is 33.3 Å². The molecule has 5 heteroatoms. The monoisotopic (exact) mass is 280 g/mol. The second-order valence-electron chi connectivity index (χ2n) is 5.35. The minimum Gasteiger partial charge on any atom is -0.314 e. The molecule has 19 heavy (non-hydrogen) atoms. The molecule has 0 spiro atoms. The van der Waals surface area contributed by atoms with E-state index < -0.39 is 10.0 Å². The predicted octanol–water partition coefficient (Wildman–Crippen LogP) is 1.52. The van der Waals surface area contributed by atoms with Crippen molar-refractivity contribution in [1.29, 1.82) is 0 Å². The molecule has 0 aromatic heterocycles. The third-order valence-corrected chi connectivity index (χ3v) is 5.63. The van der Waals surface area contributed by atoms with Crippen LogP contribution >= 0.6 is 0 Å². The molecule has 1 fully saturated rings. The van der Waals surface area contributed by atoms with Crippen LogP contribution in [0.3, 0.4) is 0 Å². The van der Waals surface area contributed by atoms with Gasteiger partial charge in [0.05, 0.1) is 11.4 Å². The summed E-state index contributed by atoms with van der Waals surface area (Å²) in [6, 6.07) is 8.44. The van der Waals surface area contributed by atoms with Gasteiger partial charge in [0.2, 0.25) is 10.0 Å². The van der Waals surface area contributed by atoms with Crippen LogP contribution < -0.4 is 9.62 Å². The Morgan fingerprint density at radius 1 is 1.26 bits per heavy atom. The first kappa shape index (κ1) is 12.9. The van der Waals surface area contributed by atoms with E-state index in [4.69, 9.17) is 0 Å². The van der Waals surface area contributed by atoms with Crippen LogP contribution in [0.2, 0.25) is 0 Å². The molecule has 104 valence electrons. The Kier molecular flexibility index (Phi) is 3.50. The topological polar surface area (TPSA) is 49.4 Å². The highest BCUT2D eigenvalue weighted by molar-refractivity contribution is 7.92. The Labute approximate surface area is 114 Å². The molecule has 0 unspecified atom stereocenters. The summed E-state index contributed by atoms with van der Waals surface area (Å²) < 4.78 is 26.3. The highest BCUT2D eigenvalue weighted by Gasteiger charge is 2.28. The van der Waals surface area contributed by atoms with E-state index in [0.717, 1.165) is 24.2 Å². The maximum absolute atomic E-state index is 12.4. The second-order valence-corrected chi connectivity index (χ2v) is 7.36. The molecule has 2 aliphatic rings. The van der Waals surface area contributed by atoms with E-state index in [-0.39, 0.29) is 5.75 Å². The van der Waals surface area contributed by atoms with Crippen molar-refractivity contribution in [3.05, 3.63) is 29.8 Å². The number of nitrogens with one attached hydrogen (secondary N) is 1. The van der Waals surface area contributed by atoms with Crippen molar-refractivity contribution >= 4 is 15.7 Å². The van der Waals surface area contributed by atoms with Crippen LogP contribution in [0, 0.1) is 0 Å². The van der Waals surface area contributed by atoms with Gasteiger partial charge in [-0.3, -0.25) is 4.31 Å². The average Bonchev–Trinajstić information content (AvgIpc) is 3.11. The van der Waals surface area contributed by atoms with Crippen molar-refractivity contribution < 1.29 is 8.42 Å². The fourth-order valence-electron chi connectivity index (χ4n) is 2.56. The van der Waals surface area contributed by atoms with Crippen molar-refractivity contribution in [1.82, 2.24) is 5.32 Å². The molecule has 1 saturated carbocycles. The maximum Gasteiger partial charge on any atom is 0.235 e. The van der Waals surface area contributed by atoms with Crippen LogP contribution in [-0.2, 0) is 16.4 Å². The number of sulfonamides is 1. The summed E-state index contributed by atoms with van der Waals surface area (Å²) in [7, 11) is -3.16. The van der Waals surface area contributed by atoms with Crippen LogP contribution in [0.5, 0.6) is 0 Å². The zero-order valence-corrected chi connectivity index (χ0v) is 11.8. The second kappa shape index (κ2) is 5.13. The van der Waals surface area contributed by atoms with Crippen LogP contribution in [0.25, 0.3) is 0 Å². The SMILES string of the molecule is O=S(=O)(CCCNC1CC1)N1CCc2ccccc21. The third-order valence-electron chi connectivity index (χ3n) is 3.77. The molecule has 0 atom stereocenters. The molecule has 0 amide bonds. The Morgan fingerprint density at radius 3 is 2.84 bits per heavy atom. The number of fused-ring (bicyclic) bond motifs is 1. The van der Waals surface area contributed by atoms with E-state index >= 15 is 0 Å². The van der Waals surface area contributed by atoms with Gasteiger partial charge in [-0.25, -0.2) is 8.42 Å². The van der Waals surface area contributed by atoms with Gasteiger partial charge < -0.3 is 5.32 Å². The molecule has 0 bridgehead atoms. The first-order valence-corrected chi connectivity index (χ1v) is 8.59. The number of benzene rings is 1. The number of para-hydroxylation sites is 1. The van der Waals surface area contributed by atoms with E-state index in [1.54, 1.807) is 4.31 Å². The fraction of sp³-hybridized carbons (Fsp3) is 0.571. The molecule has 1 N–H and O–H groups in total. The van der Waals surface area contributed by atoms with Crippen LogP contribution in [0.1, 0.15) is 24.8 Å². The van der Waals surface area contributed by atoms with Gasteiger partial charge in [-0.05, 0) is 43.9 Å². The molecule has 1 aliphatic heterocycles. The first-order valence-electron chi connectivity index (χ1n) is 6.98. The van der Waals surface area contributed by atoms with E-state index in [1.807, 2.05) is 24.3 Å². The van der Waals surface area contributed by atoms with Gasteiger partial charge in [0.25, 0.3) is 0 Å². The van der Waals surface area contributed by atoms with E-state index in [2.05, 4.69) is 5.32 Å². The summed E-state index contributed by atoms with van der Waals surface area (Å²) in [5.74, 6) is 0.237. The van der Waals surface area contributed by atoms with Gasteiger partial charge in [0.15, 0.2) is 0 Å². The number of nitrogens with zero attached hydrogens (tertiary/aromatic N) is 1. The van der Waals surface area contributed by atoms with E-state index in [9.17, 15) is 8.42 Å². The third kappa shape index (κ3) is 2.92. The van der Waals surface area contributed by atoms with Crippen LogP contribution in [0.15, 0.2) is 24.3 Å². The quantitative estimate of drug-likeness (QED) is 0.804. The summed E-state index contributed by atoms with van der Waals surface area (Å²) in [5.41, 5.74) is 2.01. The molecular formula is C14H20N2O2S. The Hall–Kier alpha value is -1.07. The average molecular weight is 280 g/mol. The minimum absolute atomic E-state index is 0.237. The van der Waals surface area contributed by atoms with Gasteiger partial charge in [-0.1, -0.05) is 18.2 Å². The normalized spacial score (nSPS) is 18.6. The summed E-state index contributed by atoms with van der Waals surface area (Å²) >= 11 is 0. The smallest absolute Gasteiger partial charge is 0.235 e. The lowest BCUT2D eigenvalue weighted by Crippen LogP contribution is -2.32. The number of hydrogen-bond acceptors (Lipinski definition) is 3. The summed E-state index contributed by atoms with van der Waals surface area (Å²) in [4.78, 5) is 0. The highest BCUT2D eigenvalue weighted by Crippen LogP contribution is 2.30. The van der Waals surface area contributed by atoms with Gasteiger partial charge in [-0.2, -0.15) is 0 Å². The molecule has 1 aromatic carbocycles. The Bertz CT molecular complexity index is 552. The van der Waals surface area contributed by atoms with Gasteiger partial charge in [-0.15, -0.1) is 0 Å². The standard InChI is InChI=1S/C14H20N2O2S/c17-19(18,11-3-9-15-13-6-7-13)16-10-8-12-4-1-2-5-14(12)16/h1-2,4-5,13,15H,3,6-11H2. The lowest BCUT2D eigenvalue weighted by Gasteiger charge is -2.19. The Morgan fingerprint density at radius 2 is 2.05 bits per heavy atom. The highest BCUT2D eigenvalue weighted by atomic mass is 32.2. The predicted molar refractivity (Wildman–Crippen MR) is 76.9 cm³/mol. The zero-order chi connectivity index (χ0) is 13.3. The maximum atomic E-state index is 12.4. The number of rotatable bonds is 6. The molecule has 1 aromatic rings. The van der Waals surface area contributed by atoms with Crippen molar-refractivity contribution in [3.8, 4) is 0 Å². The Balaban J connectivity index is 1.60. The summed E-state index contributed by atoms with van der Waals surface area (Å²) in [5, 5.41) is 3.36.